The topological polar surface area (TPSA) is 33.3 Å². The Morgan fingerprint density at radius 3 is 2.33 bits per heavy atom. The Labute approximate surface area is 54.8 Å². The molecule has 0 aromatic heterocycles. The van der Waals surface area contributed by atoms with Crippen LogP contribution < -0.4 is 10.6 Å². The maximum atomic E-state index is 5.51. The van der Waals surface area contributed by atoms with E-state index in [-0.39, 0.29) is 0 Å². The van der Waals surface area contributed by atoms with Gasteiger partial charge in [-0.15, -0.1) is 0 Å². The van der Waals surface area contributed by atoms with E-state index in [2.05, 4.69) is 10.6 Å². The van der Waals surface area contributed by atoms with Crippen LogP contribution in [0.5, 0.6) is 0 Å². The van der Waals surface area contributed by atoms with E-state index in [9.17, 15) is 0 Å². The molecule has 2 saturated heterocycles. The zero-order chi connectivity index (χ0) is 6.10. The molecule has 2 N–H and O–H groups in total. The van der Waals surface area contributed by atoms with Crippen LogP contribution in [0.1, 0.15) is 0 Å². The van der Waals surface area contributed by atoms with Gasteiger partial charge >= 0.3 is 0 Å². The largest absolute Gasteiger partial charge is 0.363 e. The van der Waals surface area contributed by atoms with Crippen molar-refractivity contribution in [1.29, 1.82) is 0 Å². The molecule has 51 valence electrons. The van der Waals surface area contributed by atoms with Crippen molar-refractivity contribution in [3.8, 4) is 0 Å². The fourth-order valence-corrected chi connectivity index (χ4v) is 1.28. The summed E-state index contributed by atoms with van der Waals surface area (Å²) in [7, 11) is 0. The van der Waals surface area contributed by atoms with E-state index in [0.717, 1.165) is 32.3 Å². The molecule has 0 amide bonds. The zero-order valence-electron chi connectivity index (χ0n) is 5.31. The number of ether oxygens (including phenoxy) is 1. The number of morpholine rings is 2. The van der Waals surface area contributed by atoms with Gasteiger partial charge in [0.05, 0.1) is 6.10 Å². The van der Waals surface area contributed by atoms with E-state index in [1.165, 1.54) is 0 Å². The van der Waals surface area contributed by atoms with Gasteiger partial charge in [0.15, 0.2) is 0 Å². The molecule has 3 heteroatoms. The van der Waals surface area contributed by atoms with Gasteiger partial charge in [0, 0.05) is 26.2 Å². The molecule has 0 aliphatic carbocycles. The standard InChI is InChI=1S/C6H11N2O/c1-5-2-8-4-6(9-5)3-7-1/h5,7-8H,1-4H2. The average Bonchev–Trinajstić information content (AvgIpc) is 1.88. The molecule has 0 atom stereocenters. The van der Waals surface area contributed by atoms with Gasteiger partial charge in [0.1, 0.15) is 6.10 Å². The van der Waals surface area contributed by atoms with E-state index in [1.807, 2.05) is 0 Å². The number of fused-ring (bicyclic) bond motifs is 2. The second-order valence-corrected chi connectivity index (χ2v) is 2.54. The van der Waals surface area contributed by atoms with Crippen LogP contribution in [0.25, 0.3) is 0 Å². The van der Waals surface area contributed by atoms with Gasteiger partial charge < -0.3 is 15.4 Å². The molecule has 0 aromatic carbocycles. The minimum absolute atomic E-state index is 0.391. The highest BCUT2D eigenvalue weighted by Gasteiger charge is 2.26. The third-order valence-electron chi connectivity index (χ3n) is 1.72. The molecule has 1 radical (unpaired) electrons. The lowest BCUT2D eigenvalue weighted by Crippen LogP contribution is -2.52. The molecule has 3 nitrogen and oxygen atoms in total. The molecule has 0 saturated carbocycles. The Hall–Kier alpha value is -0.120. The summed E-state index contributed by atoms with van der Waals surface area (Å²) in [6.45, 7) is 3.86. The number of hydrogen-bond donors (Lipinski definition) is 2. The van der Waals surface area contributed by atoms with Gasteiger partial charge in [-0.3, -0.25) is 0 Å². The summed E-state index contributed by atoms with van der Waals surface area (Å²) in [5.41, 5.74) is 0. The van der Waals surface area contributed by atoms with E-state index in [4.69, 9.17) is 4.74 Å². The van der Waals surface area contributed by atoms with Crippen LogP contribution in [0.4, 0.5) is 0 Å². The second-order valence-electron chi connectivity index (χ2n) is 2.54. The Morgan fingerprint density at radius 1 is 1.22 bits per heavy atom. The van der Waals surface area contributed by atoms with E-state index < -0.39 is 0 Å². The molecule has 0 aromatic rings. The van der Waals surface area contributed by atoms with Crippen molar-refractivity contribution in [2.75, 3.05) is 26.2 Å². The second kappa shape index (κ2) is 2.25. The fourth-order valence-electron chi connectivity index (χ4n) is 1.28. The van der Waals surface area contributed by atoms with Crippen molar-refractivity contribution in [1.82, 2.24) is 10.6 Å². The molecular weight excluding hydrogens is 116 g/mol. The lowest BCUT2D eigenvalue weighted by Gasteiger charge is -2.34. The molecule has 0 spiro atoms. The Kier molecular flexibility index (Phi) is 1.41. The Morgan fingerprint density at radius 2 is 1.89 bits per heavy atom. The third kappa shape index (κ3) is 1.08. The highest BCUT2D eigenvalue weighted by Crippen LogP contribution is 2.12. The maximum Gasteiger partial charge on any atom is 0.125 e. The summed E-state index contributed by atoms with van der Waals surface area (Å²) in [4.78, 5) is 0. The summed E-state index contributed by atoms with van der Waals surface area (Å²) in [6.07, 6.45) is 1.56. The van der Waals surface area contributed by atoms with Crippen LogP contribution in [-0.4, -0.2) is 32.3 Å². The van der Waals surface area contributed by atoms with E-state index in [1.54, 1.807) is 0 Å². The van der Waals surface area contributed by atoms with Gasteiger partial charge in [0.25, 0.3) is 0 Å². The van der Waals surface area contributed by atoms with Crippen LogP contribution in [0.3, 0.4) is 0 Å². The highest BCUT2D eigenvalue weighted by atomic mass is 16.5. The van der Waals surface area contributed by atoms with Crippen molar-refractivity contribution >= 4 is 0 Å². The van der Waals surface area contributed by atoms with Gasteiger partial charge in [-0.1, -0.05) is 0 Å². The molecular formula is C6H11N2O. The minimum Gasteiger partial charge on any atom is -0.363 e. The molecule has 2 rings (SSSR count). The summed E-state index contributed by atoms with van der Waals surface area (Å²) >= 11 is 0. The van der Waals surface area contributed by atoms with Crippen LogP contribution in [-0.2, 0) is 4.74 Å². The van der Waals surface area contributed by atoms with Crippen molar-refractivity contribution in [3.05, 3.63) is 6.10 Å². The molecule has 2 aliphatic heterocycles. The van der Waals surface area contributed by atoms with Gasteiger partial charge in [0.2, 0.25) is 0 Å². The zero-order valence-corrected chi connectivity index (χ0v) is 5.31. The van der Waals surface area contributed by atoms with Crippen molar-refractivity contribution < 1.29 is 4.74 Å². The SMILES string of the molecule is C1NCC2CNC[C]1O2. The predicted molar refractivity (Wildman–Crippen MR) is 33.9 cm³/mol. The van der Waals surface area contributed by atoms with Crippen LogP contribution in [0.2, 0.25) is 0 Å². The molecule has 2 fully saturated rings. The molecule has 0 unspecified atom stereocenters. The van der Waals surface area contributed by atoms with E-state index >= 15 is 0 Å². The van der Waals surface area contributed by atoms with Gasteiger partial charge in [-0.2, -0.15) is 0 Å². The quantitative estimate of drug-likeness (QED) is 0.443. The lowest BCUT2D eigenvalue weighted by molar-refractivity contribution is 0.00763. The first-order valence-electron chi connectivity index (χ1n) is 3.38. The number of rotatable bonds is 0. The van der Waals surface area contributed by atoms with Crippen molar-refractivity contribution in [3.63, 3.8) is 0 Å². The van der Waals surface area contributed by atoms with Crippen LogP contribution >= 0.6 is 0 Å². The number of hydrogen-bond acceptors (Lipinski definition) is 3. The average molecular weight is 127 g/mol. The first kappa shape index (κ1) is 5.65. The normalized spacial score (nSPS) is 30.7. The van der Waals surface area contributed by atoms with Crippen LogP contribution in [0, 0.1) is 6.10 Å². The first-order chi connectivity index (χ1) is 4.45. The summed E-state index contributed by atoms with van der Waals surface area (Å²) in [6, 6.07) is 0. The van der Waals surface area contributed by atoms with Gasteiger partial charge in [-0.25, -0.2) is 0 Å². The molecule has 9 heavy (non-hydrogen) atoms. The van der Waals surface area contributed by atoms with Gasteiger partial charge in [-0.05, 0) is 0 Å². The Bertz CT molecular complexity index is 87.2. The third-order valence-corrected chi connectivity index (χ3v) is 1.72. The van der Waals surface area contributed by atoms with Crippen molar-refractivity contribution in [2.45, 2.75) is 6.10 Å². The minimum atomic E-state index is 0.391. The number of nitrogens with one attached hydrogen (secondary N) is 2. The Balaban J connectivity index is 1.96. The molecule has 2 bridgehead atoms. The summed E-state index contributed by atoms with van der Waals surface area (Å²) in [5, 5.41) is 6.57. The van der Waals surface area contributed by atoms with E-state index in [0.29, 0.717) is 6.10 Å². The fraction of sp³-hybridized carbons (Fsp3) is 0.833. The highest BCUT2D eigenvalue weighted by molar-refractivity contribution is 4.94. The monoisotopic (exact) mass is 127 g/mol. The summed E-state index contributed by atoms with van der Waals surface area (Å²) < 4.78 is 5.51. The molecule has 2 heterocycles. The van der Waals surface area contributed by atoms with Crippen molar-refractivity contribution in [2.24, 2.45) is 0 Å². The smallest absolute Gasteiger partial charge is 0.125 e. The molecule has 2 aliphatic rings. The lowest BCUT2D eigenvalue weighted by atomic mass is 10.2. The maximum absolute atomic E-state index is 5.51. The van der Waals surface area contributed by atoms with Crippen LogP contribution in [0.15, 0.2) is 0 Å². The summed E-state index contributed by atoms with van der Waals surface area (Å²) in [5.74, 6) is 0. The predicted octanol–water partition coefficient (Wildman–Crippen LogP) is -0.890. The first-order valence-corrected chi connectivity index (χ1v) is 3.38.